The van der Waals surface area contributed by atoms with E-state index in [1.807, 2.05) is 49.1 Å². The monoisotopic (exact) mass is 286 g/mol. The zero-order valence-electron chi connectivity index (χ0n) is 12.7. The summed E-state index contributed by atoms with van der Waals surface area (Å²) in [6.45, 7) is 4.35. The molecule has 3 rings (SSSR count). The van der Waals surface area contributed by atoms with Crippen LogP contribution in [0.1, 0.15) is 45.1 Å². The van der Waals surface area contributed by atoms with Crippen LogP contribution in [0.15, 0.2) is 30.3 Å². The summed E-state index contributed by atoms with van der Waals surface area (Å²) in [6, 6.07) is 9.52. The second kappa shape index (κ2) is 4.86. The molecule has 0 radical (unpaired) electrons. The van der Waals surface area contributed by atoms with Crippen molar-refractivity contribution in [3.63, 3.8) is 0 Å². The first-order valence-electron chi connectivity index (χ1n) is 7.75. The normalized spacial score (nSPS) is 28.0. The summed E-state index contributed by atoms with van der Waals surface area (Å²) in [5.41, 5.74) is -0.725. The van der Waals surface area contributed by atoms with E-state index in [-0.39, 0.29) is 11.8 Å². The van der Waals surface area contributed by atoms with E-state index < -0.39 is 11.1 Å². The van der Waals surface area contributed by atoms with Gasteiger partial charge in [-0.05, 0) is 32.3 Å². The zero-order valence-corrected chi connectivity index (χ0v) is 12.7. The molecule has 1 aliphatic carbocycles. The molecule has 1 heterocycles. The van der Waals surface area contributed by atoms with Crippen LogP contribution in [-0.2, 0) is 15.1 Å². The van der Waals surface area contributed by atoms with E-state index in [2.05, 4.69) is 5.32 Å². The van der Waals surface area contributed by atoms with E-state index >= 15 is 0 Å². The summed E-state index contributed by atoms with van der Waals surface area (Å²) in [5.74, 6) is 0.0190. The highest BCUT2D eigenvalue weighted by Crippen LogP contribution is 2.41. The van der Waals surface area contributed by atoms with Gasteiger partial charge in [0.15, 0.2) is 0 Å². The molecule has 1 aromatic rings. The van der Waals surface area contributed by atoms with Gasteiger partial charge in [0.05, 0.1) is 0 Å². The third-order valence-corrected chi connectivity index (χ3v) is 5.07. The fraction of sp³-hybridized carbons (Fsp3) is 0.529. The van der Waals surface area contributed by atoms with Crippen LogP contribution < -0.4 is 5.32 Å². The van der Waals surface area contributed by atoms with Crippen LogP contribution >= 0.6 is 0 Å². The van der Waals surface area contributed by atoms with Gasteiger partial charge < -0.3 is 10.2 Å². The first kappa shape index (κ1) is 14.1. The van der Waals surface area contributed by atoms with Gasteiger partial charge in [0.25, 0.3) is 5.91 Å². The minimum atomic E-state index is -0.956. The van der Waals surface area contributed by atoms with Crippen LogP contribution in [0.5, 0.6) is 0 Å². The molecule has 1 aliphatic heterocycles. The van der Waals surface area contributed by atoms with Gasteiger partial charge >= 0.3 is 0 Å². The highest BCUT2D eigenvalue weighted by Gasteiger charge is 2.57. The molecule has 1 atom stereocenters. The Hall–Kier alpha value is -1.84. The Morgan fingerprint density at radius 1 is 1.14 bits per heavy atom. The van der Waals surface area contributed by atoms with Crippen molar-refractivity contribution < 1.29 is 9.59 Å². The lowest BCUT2D eigenvalue weighted by atomic mass is 9.81. The Morgan fingerprint density at radius 3 is 2.33 bits per heavy atom. The van der Waals surface area contributed by atoms with Crippen LogP contribution in [0, 0.1) is 0 Å². The number of nitrogens with one attached hydrogen (secondary N) is 1. The van der Waals surface area contributed by atoms with Crippen molar-refractivity contribution >= 4 is 11.8 Å². The van der Waals surface area contributed by atoms with Crippen molar-refractivity contribution in [2.45, 2.75) is 50.6 Å². The number of nitrogens with zero attached hydrogens (tertiary/aromatic N) is 1. The molecule has 0 aromatic heterocycles. The number of rotatable bonds is 2. The van der Waals surface area contributed by atoms with Gasteiger partial charge in [-0.25, -0.2) is 0 Å². The van der Waals surface area contributed by atoms with Gasteiger partial charge in [-0.15, -0.1) is 0 Å². The lowest BCUT2D eigenvalue weighted by molar-refractivity contribution is -0.162. The molecule has 1 aromatic carbocycles. The number of carbonyl (C=O) groups is 2. The molecule has 4 heteroatoms. The number of hydrogen-bond acceptors (Lipinski definition) is 2. The van der Waals surface area contributed by atoms with E-state index in [0.717, 1.165) is 31.2 Å². The summed E-state index contributed by atoms with van der Waals surface area (Å²) in [5, 5.41) is 3.03. The molecule has 112 valence electrons. The van der Waals surface area contributed by atoms with Crippen molar-refractivity contribution in [1.82, 2.24) is 10.2 Å². The van der Waals surface area contributed by atoms with Crippen molar-refractivity contribution in [2.75, 3.05) is 6.54 Å². The average Bonchev–Trinajstić information content (AvgIpc) is 2.98. The smallest absolute Gasteiger partial charge is 0.253 e. The maximum absolute atomic E-state index is 13.1. The van der Waals surface area contributed by atoms with Crippen molar-refractivity contribution in [2.24, 2.45) is 0 Å². The molecule has 1 spiro atoms. The Kier molecular flexibility index (Phi) is 3.27. The molecule has 1 saturated heterocycles. The van der Waals surface area contributed by atoms with Crippen LogP contribution in [0.25, 0.3) is 0 Å². The molecule has 1 saturated carbocycles. The van der Waals surface area contributed by atoms with E-state index in [0.29, 0.717) is 6.54 Å². The van der Waals surface area contributed by atoms with Crippen LogP contribution in [0.3, 0.4) is 0 Å². The molecule has 1 N–H and O–H groups in total. The topological polar surface area (TPSA) is 49.4 Å². The molecule has 4 nitrogen and oxygen atoms in total. The van der Waals surface area contributed by atoms with Gasteiger partial charge in [0, 0.05) is 6.54 Å². The Balaban J connectivity index is 2.04. The number of likely N-dealkylation sites (N-methyl/N-ethyl adjacent to an activating group) is 1. The molecule has 21 heavy (non-hydrogen) atoms. The molecular formula is C17H22N2O2. The Bertz CT molecular complexity index is 563. The van der Waals surface area contributed by atoms with E-state index in [1.54, 1.807) is 0 Å². The largest absolute Gasteiger partial charge is 0.336 e. The van der Waals surface area contributed by atoms with Crippen LogP contribution in [0.4, 0.5) is 0 Å². The fourth-order valence-electron chi connectivity index (χ4n) is 3.85. The minimum absolute atomic E-state index is 0.00723. The summed E-state index contributed by atoms with van der Waals surface area (Å²) < 4.78 is 0. The fourth-order valence-corrected chi connectivity index (χ4v) is 3.85. The molecule has 2 amide bonds. The SMILES string of the molecule is CCN1C(=O)C(C)(c2ccccc2)NC(=O)C12CCCC2. The van der Waals surface area contributed by atoms with Crippen molar-refractivity contribution in [3.8, 4) is 0 Å². The average molecular weight is 286 g/mol. The first-order valence-corrected chi connectivity index (χ1v) is 7.75. The zero-order chi connectivity index (χ0) is 15.1. The number of benzene rings is 1. The third kappa shape index (κ3) is 1.88. The van der Waals surface area contributed by atoms with Crippen LogP contribution in [-0.4, -0.2) is 28.8 Å². The third-order valence-electron chi connectivity index (χ3n) is 5.07. The summed E-state index contributed by atoms with van der Waals surface area (Å²) in [4.78, 5) is 27.7. The second-order valence-corrected chi connectivity index (χ2v) is 6.23. The van der Waals surface area contributed by atoms with Gasteiger partial charge in [-0.3, -0.25) is 9.59 Å². The first-order chi connectivity index (χ1) is 10.0. The van der Waals surface area contributed by atoms with E-state index in [1.165, 1.54) is 0 Å². The highest BCUT2D eigenvalue weighted by atomic mass is 16.2. The number of hydrogen-bond donors (Lipinski definition) is 1. The molecule has 1 unspecified atom stereocenters. The predicted molar refractivity (Wildman–Crippen MR) is 80.5 cm³/mol. The number of amides is 2. The van der Waals surface area contributed by atoms with Gasteiger partial charge in [0.2, 0.25) is 5.91 Å². The maximum atomic E-state index is 13.1. The van der Waals surface area contributed by atoms with Gasteiger partial charge in [-0.1, -0.05) is 43.2 Å². The second-order valence-electron chi connectivity index (χ2n) is 6.23. The number of piperazine rings is 1. The van der Waals surface area contributed by atoms with E-state index in [9.17, 15) is 9.59 Å². The predicted octanol–water partition coefficient (Wildman–Crippen LogP) is 2.19. The van der Waals surface area contributed by atoms with Crippen LogP contribution in [0.2, 0.25) is 0 Å². The summed E-state index contributed by atoms with van der Waals surface area (Å²) in [7, 11) is 0. The molecule has 2 aliphatic rings. The minimum Gasteiger partial charge on any atom is -0.336 e. The molecular weight excluding hydrogens is 264 g/mol. The van der Waals surface area contributed by atoms with E-state index in [4.69, 9.17) is 0 Å². The van der Waals surface area contributed by atoms with Gasteiger partial charge in [0.1, 0.15) is 11.1 Å². The van der Waals surface area contributed by atoms with Crippen molar-refractivity contribution in [1.29, 1.82) is 0 Å². The Labute approximate surface area is 125 Å². The van der Waals surface area contributed by atoms with Crippen molar-refractivity contribution in [3.05, 3.63) is 35.9 Å². The summed E-state index contributed by atoms with van der Waals surface area (Å²) in [6.07, 6.45) is 3.59. The number of carbonyl (C=O) groups excluding carboxylic acids is 2. The standard InChI is InChI=1S/C17H22N2O2/c1-3-19-15(21)16(2,13-9-5-4-6-10-13)18-14(20)17(19)11-7-8-12-17/h4-6,9-10H,3,7-8,11-12H2,1-2H3,(H,18,20). The molecule has 2 fully saturated rings. The molecule has 0 bridgehead atoms. The maximum Gasteiger partial charge on any atom is 0.253 e. The quantitative estimate of drug-likeness (QED) is 0.906. The summed E-state index contributed by atoms with van der Waals surface area (Å²) >= 11 is 0. The van der Waals surface area contributed by atoms with Gasteiger partial charge in [-0.2, -0.15) is 0 Å². The lowest BCUT2D eigenvalue weighted by Gasteiger charge is -2.50. The highest BCUT2D eigenvalue weighted by molar-refractivity contribution is 6.02. The lowest BCUT2D eigenvalue weighted by Crippen LogP contribution is -2.72. The Morgan fingerprint density at radius 2 is 1.76 bits per heavy atom.